The summed E-state index contributed by atoms with van der Waals surface area (Å²) >= 11 is 0. The van der Waals surface area contributed by atoms with E-state index in [-0.39, 0.29) is 17.7 Å². The van der Waals surface area contributed by atoms with Gasteiger partial charge in [0.15, 0.2) is 0 Å². The minimum absolute atomic E-state index is 0.0113. The summed E-state index contributed by atoms with van der Waals surface area (Å²) in [6.07, 6.45) is 1.65. The van der Waals surface area contributed by atoms with Crippen LogP contribution in [0.15, 0.2) is 42.6 Å². The fraction of sp³-hybridized carbons (Fsp3) is 0.133. The minimum Gasteiger partial charge on any atom is -0.478 e. The molecule has 0 aliphatic heterocycles. The maximum atomic E-state index is 12.1. The molecule has 0 aliphatic rings. The van der Waals surface area contributed by atoms with Crippen LogP contribution >= 0.6 is 0 Å². The molecule has 0 atom stereocenters. The van der Waals surface area contributed by atoms with Crippen LogP contribution < -0.4 is 5.32 Å². The first-order valence-electron chi connectivity index (χ1n) is 6.10. The first-order chi connectivity index (χ1) is 9.59. The van der Waals surface area contributed by atoms with Crippen LogP contribution in [0.4, 0.5) is 0 Å². The molecule has 1 aromatic heterocycles. The number of amides is 1. The number of carbonyl (C=O) groups excluding carboxylic acids is 1. The van der Waals surface area contributed by atoms with Crippen molar-refractivity contribution in [2.75, 3.05) is 0 Å². The number of hydrogen-bond acceptors (Lipinski definition) is 3. The average molecular weight is 270 g/mol. The van der Waals surface area contributed by atoms with Gasteiger partial charge in [0.25, 0.3) is 5.91 Å². The summed E-state index contributed by atoms with van der Waals surface area (Å²) in [7, 11) is 0. The molecule has 0 aliphatic carbocycles. The zero-order valence-electron chi connectivity index (χ0n) is 11.0. The lowest BCUT2D eigenvalue weighted by Crippen LogP contribution is -2.25. The van der Waals surface area contributed by atoms with Crippen molar-refractivity contribution < 1.29 is 14.7 Å². The lowest BCUT2D eigenvalue weighted by Gasteiger charge is -2.08. The monoisotopic (exact) mass is 270 g/mol. The smallest absolute Gasteiger partial charge is 0.336 e. The van der Waals surface area contributed by atoms with Gasteiger partial charge in [0.2, 0.25) is 0 Å². The number of aromatic carboxylic acids is 1. The van der Waals surface area contributed by atoms with Crippen molar-refractivity contribution in [3.63, 3.8) is 0 Å². The lowest BCUT2D eigenvalue weighted by molar-refractivity contribution is 0.0691. The van der Waals surface area contributed by atoms with Crippen LogP contribution in [-0.4, -0.2) is 22.0 Å². The molecule has 1 heterocycles. The van der Waals surface area contributed by atoms with E-state index in [9.17, 15) is 9.59 Å². The molecule has 0 unspecified atom stereocenters. The summed E-state index contributed by atoms with van der Waals surface area (Å²) in [4.78, 5) is 27.3. The first kappa shape index (κ1) is 13.7. The fourth-order valence-corrected chi connectivity index (χ4v) is 1.83. The van der Waals surface area contributed by atoms with Crippen molar-refractivity contribution in [2.45, 2.75) is 13.5 Å². The Morgan fingerprint density at radius 3 is 2.50 bits per heavy atom. The van der Waals surface area contributed by atoms with Crippen LogP contribution in [0.25, 0.3) is 0 Å². The second-order valence-electron chi connectivity index (χ2n) is 4.30. The molecule has 5 nitrogen and oxygen atoms in total. The largest absolute Gasteiger partial charge is 0.478 e. The van der Waals surface area contributed by atoms with Crippen molar-refractivity contribution in [2.24, 2.45) is 0 Å². The van der Waals surface area contributed by atoms with Gasteiger partial charge in [-0.2, -0.15) is 0 Å². The molecular weight excluding hydrogens is 256 g/mol. The van der Waals surface area contributed by atoms with E-state index in [1.165, 1.54) is 12.1 Å². The average Bonchev–Trinajstić information content (AvgIpc) is 2.46. The minimum atomic E-state index is -1.12. The standard InChI is InChI=1S/C15H14N2O3/c1-10-5-4-8-16-13(10)9-17-14(18)11-6-2-3-7-12(11)15(19)20/h2-8H,9H2,1H3,(H,17,18)(H,19,20). The summed E-state index contributed by atoms with van der Waals surface area (Å²) < 4.78 is 0. The molecule has 0 saturated heterocycles. The number of carbonyl (C=O) groups is 2. The highest BCUT2D eigenvalue weighted by Gasteiger charge is 2.15. The van der Waals surface area contributed by atoms with Crippen LogP contribution in [-0.2, 0) is 6.54 Å². The van der Waals surface area contributed by atoms with Crippen LogP contribution in [0.1, 0.15) is 32.0 Å². The number of nitrogens with one attached hydrogen (secondary N) is 1. The van der Waals surface area contributed by atoms with Gasteiger partial charge in [-0.3, -0.25) is 9.78 Å². The molecule has 2 aromatic rings. The number of pyridine rings is 1. The highest BCUT2D eigenvalue weighted by molar-refractivity contribution is 6.04. The van der Waals surface area contributed by atoms with Gasteiger partial charge in [-0.15, -0.1) is 0 Å². The third kappa shape index (κ3) is 3.00. The molecule has 0 fully saturated rings. The van der Waals surface area contributed by atoms with Gasteiger partial charge in [0, 0.05) is 6.20 Å². The van der Waals surface area contributed by atoms with E-state index in [0.717, 1.165) is 11.3 Å². The molecule has 20 heavy (non-hydrogen) atoms. The third-order valence-corrected chi connectivity index (χ3v) is 2.94. The Morgan fingerprint density at radius 1 is 1.15 bits per heavy atom. The van der Waals surface area contributed by atoms with Crippen molar-refractivity contribution in [3.8, 4) is 0 Å². The first-order valence-corrected chi connectivity index (χ1v) is 6.10. The topological polar surface area (TPSA) is 79.3 Å². The molecule has 0 saturated carbocycles. The van der Waals surface area contributed by atoms with Gasteiger partial charge in [-0.05, 0) is 30.7 Å². The van der Waals surface area contributed by atoms with E-state index in [0.29, 0.717) is 0 Å². The highest BCUT2D eigenvalue weighted by atomic mass is 16.4. The highest BCUT2D eigenvalue weighted by Crippen LogP contribution is 2.09. The number of carboxylic acid groups (broad SMARTS) is 1. The molecule has 5 heteroatoms. The van der Waals surface area contributed by atoms with E-state index < -0.39 is 11.9 Å². The van der Waals surface area contributed by atoms with Crippen molar-refractivity contribution >= 4 is 11.9 Å². The Balaban J connectivity index is 2.14. The number of carboxylic acids is 1. The normalized spacial score (nSPS) is 10.1. The zero-order chi connectivity index (χ0) is 14.5. The molecular formula is C15H14N2O3. The van der Waals surface area contributed by atoms with Gasteiger partial charge in [-0.1, -0.05) is 18.2 Å². The molecule has 1 aromatic carbocycles. The summed E-state index contributed by atoms with van der Waals surface area (Å²) in [6, 6.07) is 9.84. The van der Waals surface area contributed by atoms with Crippen LogP contribution in [0.3, 0.4) is 0 Å². The second kappa shape index (κ2) is 5.97. The van der Waals surface area contributed by atoms with E-state index >= 15 is 0 Å². The predicted octanol–water partition coefficient (Wildman–Crippen LogP) is 2.02. The van der Waals surface area contributed by atoms with Gasteiger partial charge in [0.05, 0.1) is 23.4 Å². The van der Waals surface area contributed by atoms with Gasteiger partial charge in [0.1, 0.15) is 0 Å². The molecule has 2 N–H and O–H groups in total. The van der Waals surface area contributed by atoms with Gasteiger partial charge in [-0.25, -0.2) is 4.79 Å². The van der Waals surface area contributed by atoms with Crippen molar-refractivity contribution in [1.29, 1.82) is 0 Å². The Morgan fingerprint density at radius 2 is 1.85 bits per heavy atom. The second-order valence-corrected chi connectivity index (χ2v) is 4.30. The van der Waals surface area contributed by atoms with Crippen molar-refractivity contribution in [3.05, 3.63) is 65.0 Å². The van der Waals surface area contributed by atoms with Crippen molar-refractivity contribution in [1.82, 2.24) is 10.3 Å². The van der Waals surface area contributed by atoms with Crippen LogP contribution in [0.2, 0.25) is 0 Å². The third-order valence-electron chi connectivity index (χ3n) is 2.94. The summed E-state index contributed by atoms with van der Waals surface area (Å²) in [6.45, 7) is 2.17. The number of hydrogen-bond donors (Lipinski definition) is 2. The Hall–Kier alpha value is -2.69. The summed E-state index contributed by atoms with van der Waals surface area (Å²) in [5.41, 5.74) is 1.87. The lowest BCUT2D eigenvalue weighted by atomic mass is 10.1. The quantitative estimate of drug-likeness (QED) is 0.890. The fourth-order valence-electron chi connectivity index (χ4n) is 1.83. The summed E-state index contributed by atoms with van der Waals surface area (Å²) in [5.74, 6) is -1.54. The van der Waals surface area contributed by atoms with Crippen LogP contribution in [0.5, 0.6) is 0 Å². The zero-order valence-corrected chi connectivity index (χ0v) is 11.0. The Labute approximate surface area is 116 Å². The molecule has 0 spiro atoms. The number of aryl methyl sites for hydroxylation is 1. The number of aromatic nitrogens is 1. The molecule has 0 radical (unpaired) electrons. The van der Waals surface area contributed by atoms with Crippen LogP contribution in [0, 0.1) is 6.92 Å². The maximum Gasteiger partial charge on any atom is 0.336 e. The molecule has 102 valence electrons. The van der Waals surface area contributed by atoms with E-state index in [1.807, 2.05) is 19.1 Å². The van der Waals surface area contributed by atoms with E-state index in [1.54, 1.807) is 18.3 Å². The predicted molar refractivity (Wildman–Crippen MR) is 73.5 cm³/mol. The maximum absolute atomic E-state index is 12.1. The molecule has 2 rings (SSSR count). The number of benzene rings is 1. The van der Waals surface area contributed by atoms with Gasteiger partial charge < -0.3 is 10.4 Å². The molecule has 0 bridgehead atoms. The van der Waals surface area contributed by atoms with E-state index in [2.05, 4.69) is 10.3 Å². The Bertz CT molecular complexity index is 653. The Kier molecular flexibility index (Phi) is 4.10. The van der Waals surface area contributed by atoms with E-state index in [4.69, 9.17) is 5.11 Å². The number of rotatable bonds is 4. The number of nitrogens with zero attached hydrogens (tertiary/aromatic N) is 1. The SMILES string of the molecule is Cc1cccnc1CNC(=O)c1ccccc1C(=O)O. The molecule has 1 amide bonds. The van der Waals surface area contributed by atoms with Gasteiger partial charge >= 0.3 is 5.97 Å². The summed E-state index contributed by atoms with van der Waals surface area (Å²) in [5, 5.41) is 11.7.